The van der Waals surface area contributed by atoms with Crippen LogP contribution >= 0.6 is 0 Å². The van der Waals surface area contributed by atoms with E-state index in [9.17, 15) is 13.2 Å². The lowest BCUT2D eigenvalue weighted by atomic mass is 9.95. The number of nitrogens with one attached hydrogen (secondary N) is 2. The summed E-state index contributed by atoms with van der Waals surface area (Å²) in [6.07, 6.45) is 6.15. The fraction of sp³-hybridized carbons (Fsp3) is 0.500. The van der Waals surface area contributed by atoms with Gasteiger partial charge >= 0.3 is 0 Å². The van der Waals surface area contributed by atoms with Crippen LogP contribution in [0, 0.1) is 0 Å². The van der Waals surface area contributed by atoms with Crippen LogP contribution in [-0.4, -0.2) is 26.2 Å². The van der Waals surface area contributed by atoms with Crippen molar-refractivity contribution in [1.82, 2.24) is 5.32 Å². The van der Waals surface area contributed by atoms with Crippen molar-refractivity contribution in [2.45, 2.75) is 55.9 Å². The van der Waals surface area contributed by atoms with E-state index < -0.39 is 10.0 Å². The lowest BCUT2D eigenvalue weighted by molar-refractivity contribution is -0.121. The number of fused-ring (bicyclic) bond motifs is 1. The predicted molar refractivity (Wildman–Crippen MR) is 88.9 cm³/mol. The van der Waals surface area contributed by atoms with Gasteiger partial charge in [0.2, 0.25) is 5.91 Å². The number of hydrogen-bond acceptors (Lipinski definition) is 4. The average Bonchev–Trinajstić information content (AvgIpc) is 2.53. The molecule has 7 heteroatoms. The second-order valence-corrected chi connectivity index (χ2v) is 7.61. The Morgan fingerprint density at radius 3 is 2.74 bits per heavy atom. The van der Waals surface area contributed by atoms with Crippen molar-refractivity contribution in [2.75, 3.05) is 5.32 Å². The number of rotatable bonds is 4. The van der Waals surface area contributed by atoms with Crippen molar-refractivity contribution >= 4 is 27.5 Å². The Morgan fingerprint density at radius 1 is 1.22 bits per heavy atom. The smallest absolute Gasteiger partial charge is 0.286 e. The van der Waals surface area contributed by atoms with Gasteiger partial charge in [-0.3, -0.25) is 4.79 Å². The van der Waals surface area contributed by atoms with E-state index in [1.54, 1.807) is 18.2 Å². The molecule has 1 heterocycles. The molecular weight excluding hydrogens is 314 g/mol. The third-order valence-electron chi connectivity index (χ3n) is 4.23. The van der Waals surface area contributed by atoms with Gasteiger partial charge in [0.1, 0.15) is 10.7 Å². The molecule has 124 valence electrons. The molecule has 1 saturated carbocycles. The van der Waals surface area contributed by atoms with Gasteiger partial charge in [-0.1, -0.05) is 31.4 Å². The lowest BCUT2D eigenvalue weighted by Crippen LogP contribution is -2.36. The highest BCUT2D eigenvalue weighted by Gasteiger charge is 2.24. The van der Waals surface area contributed by atoms with Crippen LogP contribution in [-0.2, 0) is 14.8 Å². The first-order valence-electron chi connectivity index (χ1n) is 8.04. The van der Waals surface area contributed by atoms with Crippen LogP contribution in [0.3, 0.4) is 0 Å². The Bertz CT molecular complexity index is 722. The maximum absolute atomic E-state index is 12.1. The monoisotopic (exact) mass is 335 g/mol. The van der Waals surface area contributed by atoms with Crippen molar-refractivity contribution in [3.8, 4) is 0 Å². The number of para-hydroxylation sites is 1. The highest BCUT2D eigenvalue weighted by molar-refractivity contribution is 7.90. The SMILES string of the molecule is O=C(CCC1=NS(=O)(=O)c2ccccc2N1)NC1CCCCC1. The number of carbonyl (C=O) groups is 1. The summed E-state index contributed by atoms with van der Waals surface area (Å²) in [7, 11) is -3.67. The first-order chi connectivity index (χ1) is 11.0. The maximum Gasteiger partial charge on any atom is 0.286 e. The van der Waals surface area contributed by atoms with Crippen molar-refractivity contribution in [3.63, 3.8) is 0 Å². The molecule has 1 amide bonds. The molecule has 1 fully saturated rings. The number of sulfonamides is 1. The fourth-order valence-corrected chi connectivity index (χ4v) is 4.23. The summed E-state index contributed by atoms with van der Waals surface area (Å²) in [4.78, 5) is 12.2. The standard InChI is InChI=1S/C16H21N3O3S/c20-16(17-12-6-2-1-3-7-12)11-10-15-18-13-8-4-5-9-14(13)23(21,22)19-15/h4-5,8-9,12H,1-3,6-7,10-11H2,(H,17,20)(H,18,19). The molecule has 23 heavy (non-hydrogen) atoms. The zero-order valence-corrected chi connectivity index (χ0v) is 13.7. The predicted octanol–water partition coefficient (Wildman–Crippen LogP) is 2.43. The molecule has 6 nitrogen and oxygen atoms in total. The van der Waals surface area contributed by atoms with Crippen LogP contribution in [0.1, 0.15) is 44.9 Å². The van der Waals surface area contributed by atoms with Crippen molar-refractivity contribution in [1.29, 1.82) is 0 Å². The second kappa shape index (κ2) is 6.70. The largest absolute Gasteiger partial charge is 0.353 e. The summed E-state index contributed by atoms with van der Waals surface area (Å²) in [6, 6.07) is 6.91. The van der Waals surface area contributed by atoms with Gasteiger partial charge in [0.15, 0.2) is 0 Å². The number of benzene rings is 1. The van der Waals surface area contributed by atoms with Gasteiger partial charge in [0.05, 0.1) is 5.69 Å². The van der Waals surface area contributed by atoms with Crippen LogP contribution in [0.2, 0.25) is 0 Å². The summed E-state index contributed by atoms with van der Waals surface area (Å²) in [6.45, 7) is 0. The topological polar surface area (TPSA) is 87.6 Å². The molecule has 0 saturated heterocycles. The number of carbonyl (C=O) groups excluding carboxylic acids is 1. The minimum Gasteiger partial charge on any atom is -0.353 e. The summed E-state index contributed by atoms with van der Waals surface area (Å²) in [5, 5.41) is 6.03. The Hall–Kier alpha value is -1.89. The van der Waals surface area contributed by atoms with Crippen LogP contribution in [0.4, 0.5) is 5.69 Å². The minimum absolute atomic E-state index is 0.0438. The quantitative estimate of drug-likeness (QED) is 0.884. The molecule has 2 N–H and O–H groups in total. The van der Waals surface area contributed by atoms with E-state index in [1.165, 1.54) is 12.5 Å². The first-order valence-corrected chi connectivity index (χ1v) is 9.48. The van der Waals surface area contributed by atoms with E-state index >= 15 is 0 Å². The first kappa shape index (κ1) is 16.0. The number of amides is 1. The normalized spacial score (nSPS) is 20.1. The molecule has 0 spiro atoms. The van der Waals surface area contributed by atoms with Gasteiger partial charge in [-0.25, -0.2) is 0 Å². The Kier molecular flexibility index (Phi) is 4.66. The molecule has 0 unspecified atom stereocenters. The third kappa shape index (κ3) is 3.90. The summed E-state index contributed by atoms with van der Waals surface area (Å²) >= 11 is 0. The maximum atomic E-state index is 12.1. The van der Waals surface area contributed by atoms with E-state index in [1.807, 2.05) is 0 Å². The number of anilines is 1. The van der Waals surface area contributed by atoms with E-state index in [0.29, 0.717) is 11.5 Å². The average molecular weight is 335 g/mol. The minimum atomic E-state index is -3.67. The number of amidine groups is 1. The highest BCUT2D eigenvalue weighted by atomic mass is 32.2. The van der Waals surface area contributed by atoms with Crippen LogP contribution in [0.25, 0.3) is 0 Å². The van der Waals surface area contributed by atoms with Crippen LogP contribution < -0.4 is 10.6 Å². The Morgan fingerprint density at radius 2 is 1.96 bits per heavy atom. The molecule has 0 atom stereocenters. The van der Waals surface area contributed by atoms with Crippen LogP contribution in [0.15, 0.2) is 33.6 Å². The van der Waals surface area contributed by atoms with E-state index in [0.717, 1.165) is 25.7 Å². The summed E-state index contributed by atoms with van der Waals surface area (Å²) < 4.78 is 28.0. The Labute approximate surface area is 136 Å². The van der Waals surface area contributed by atoms with Gasteiger partial charge in [-0.2, -0.15) is 8.42 Å². The summed E-state index contributed by atoms with van der Waals surface area (Å²) in [5.41, 5.74) is 0.519. The van der Waals surface area contributed by atoms with Crippen molar-refractivity contribution in [2.24, 2.45) is 4.40 Å². The van der Waals surface area contributed by atoms with E-state index in [-0.39, 0.29) is 29.7 Å². The fourth-order valence-electron chi connectivity index (χ4n) is 3.05. The molecule has 0 aromatic heterocycles. The molecular formula is C16H21N3O3S. The molecule has 3 rings (SSSR count). The second-order valence-electron chi connectivity index (χ2n) is 6.04. The van der Waals surface area contributed by atoms with Gasteiger partial charge < -0.3 is 10.6 Å². The highest BCUT2D eigenvalue weighted by Crippen LogP contribution is 2.27. The molecule has 1 aliphatic heterocycles. The molecule has 1 aromatic rings. The number of nitrogens with zero attached hydrogens (tertiary/aromatic N) is 1. The molecule has 1 aromatic carbocycles. The molecule has 1 aliphatic carbocycles. The van der Waals surface area contributed by atoms with Gasteiger partial charge in [0.25, 0.3) is 10.0 Å². The molecule has 2 aliphatic rings. The third-order valence-corrected chi connectivity index (χ3v) is 5.61. The molecule has 0 bridgehead atoms. The summed E-state index contributed by atoms with van der Waals surface area (Å²) in [5.74, 6) is 0.278. The van der Waals surface area contributed by atoms with E-state index in [2.05, 4.69) is 15.0 Å². The van der Waals surface area contributed by atoms with Crippen molar-refractivity contribution in [3.05, 3.63) is 24.3 Å². The lowest BCUT2D eigenvalue weighted by Gasteiger charge is -2.23. The van der Waals surface area contributed by atoms with Gasteiger partial charge in [-0.15, -0.1) is 4.40 Å². The molecule has 0 radical (unpaired) electrons. The van der Waals surface area contributed by atoms with E-state index in [4.69, 9.17) is 0 Å². The Balaban J connectivity index is 1.59. The van der Waals surface area contributed by atoms with Crippen LogP contribution in [0.5, 0.6) is 0 Å². The van der Waals surface area contributed by atoms with Crippen molar-refractivity contribution < 1.29 is 13.2 Å². The number of hydrogen-bond donors (Lipinski definition) is 2. The zero-order chi connectivity index (χ0) is 16.3. The zero-order valence-electron chi connectivity index (χ0n) is 12.9. The van der Waals surface area contributed by atoms with Gasteiger partial charge in [0, 0.05) is 18.9 Å². The van der Waals surface area contributed by atoms with Gasteiger partial charge in [-0.05, 0) is 25.0 Å².